The van der Waals surface area contributed by atoms with Crippen molar-refractivity contribution in [3.05, 3.63) is 34.9 Å². The van der Waals surface area contributed by atoms with Crippen molar-refractivity contribution in [1.82, 2.24) is 9.80 Å². The Morgan fingerprint density at radius 1 is 1.16 bits per heavy atom. The van der Waals surface area contributed by atoms with Gasteiger partial charge in [0.2, 0.25) is 5.91 Å². The smallest absolute Gasteiger partial charge is 0.236 e. The molecule has 0 atom stereocenters. The molecule has 1 amide bonds. The van der Waals surface area contributed by atoms with E-state index in [-0.39, 0.29) is 24.8 Å². The summed E-state index contributed by atoms with van der Waals surface area (Å²) >= 11 is 5.99. The van der Waals surface area contributed by atoms with Crippen molar-refractivity contribution < 1.29 is 9.59 Å². The van der Waals surface area contributed by atoms with Crippen LogP contribution in [-0.2, 0) is 4.79 Å². The summed E-state index contributed by atoms with van der Waals surface area (Å²) in [7, 11) is 3.40. The molecule has 0 bridgehead atoms. The number of hydrogen-bond donors (Lipinski definition) is 0. The number of carbonyl (C=O) groups is 2. The zero-order valence-electron chi connectivity index (χ0n) is 11.5. The number of benzene rings is 1. The number of rotatable bonds is 6. The molecular weight excluding hydrogens is 264 g/mol. The molecule has 0 fully saturated rings. The minimum absolute atomic E-state index is 0.0196. The van der Waals surface area contributed by atoms with Gasteiger partial charge in [-0.1, -0.05) is 30.7 Å². The molecule has 0 aliphatic heterocycles. The van der Waals surface area contributed by atoms with E-state index in [1.54, 1.807) is 43.3 Å². The van der Waals surface area contributed by atoms with E-state index in [1.165, 1.54) is 4.90 Å². The minimum Gasteiger partial charge on any atom is -0.348 e. The molecule has 0 aliphatic rings. The predicted octanol–water partition coefficient (Wildman–Crippen LogP) is 1.93. The Hall–Kier alpha value is -1.39. The maximum absolute atomic E-state index is 12.1. The molecule has 1 aromatic carbocycles. The molecular formula is C14H19ClN2O2. The van der Waals surface area contributed by atoms with Crippen LogP contribution in [0.4, 0.5) is 0 Å². The van der Waals surface area contributed by atoms with E-state index in [9.17, 15) is 9.59 Å². The molecule has 0 saturated carbocycles. The summed E-state index contributed by atoms with van der Waals surface area (Å²) < 4.78 is 0. The largest absolute Gasteiger partial charge is 0.348 e. The minimum atomic E-state index is -0.0704. The number of hydrogen-bond acceptors (Lipinski definition) is 3. The van der Waals surface area contributed by atoms with Gasteiger partial charge < -0.3 is 4.90 Å². The van der Waals surface area contributed by atoms with E-state index in [0.29, 0.717) is 17.1 Å². The Bertz CT molecular complexity index is 461. The third-order valence-corrected chi connectivity index (χ3v) is 3.18. The Kier molecular flexibility index (Phi) is 5.99. The number of ketones is 1. The SMILES string of the molecule is CCN(CC(=O)c1ccccc1Cl)CC(=O)N(C)C. The first-order chi connectivity index (χ1) is 8.95. The molecule has 0 aromatic heterocycles. The number of carbonyl (C=O) groups excluding carboxylic acids is 2. The van der Waals surface area contributed by atoms with Gasteiger partial charge in [-0.3, -0.25) is 14.5 Å². The lowest BCUT2D eigenvalue weighted by Gasteiger charge is -2.21. The zero-order chi connectivity index (χ0) is 14.4. The lowest BCUT2D eigenvalue weighted by atomic mass is 10.1. The fourth-order valence-electron chi connectivity index (χ4n) is 1.59. The fraction of sp³-hybridized carbons (Fsp3) is 0.429. The number of halogens is 1. The summed E-state index contributed by atoms with van der Waals surface area (Å²) in [6.07, 6.45) is 0. The molecule has 0 spiro atoms. The quantitative estimate of drug-likeness (QED) is 0.749. The average Bonchev–Trinajstić information content (AvgIpc) is 2.37. The van der Waals surface area contributed by atoms with Crippen LogP contribution in [0.25, 0.3) is 0 Å². The average molecular weight is 283 g/mol. The molecule has 0 N–H and O–H groups in total. The van der Waals surface area contributed by atoms with Crippen LogP contribution in [0.15, 0.2) is 24.3 Å². The molecule has 19 heavy (non-hydrogen) atoms. The molecule has 1 rings (SSSR count). The predicted molar refractivity (Wildman–Crippen MR) is 76.6 cm³/mol. The summed E-state index contributed by atoms with van der Waals surface area (Å²) in [5.41, 5.74) is 0.500. The van der Waals surface area contributed by atoms with Gasteiger partial charge in [0.25, 0.3) is 0 Å². The Balaban J connectivity index is 2.69. The van der Waals surface area contributed by atoms with Gasteiger partial charge in [0, 0.05) is 19.7 Å². The highest BCUT2D eigenvalue weighted by molar-refractivity contribution is 6.34. The third kappa shape index (κ3) is 4.65. The number of nitrogens with zero attached hydrogens (tertiary/aromatic N) is 2. The maximum Gasteiger partial charge on any atom is 0.236 e. The van der Waals surface area contributed by atoms with Crippen molar-refractivity contribution in [3.63, 3.8) is 0 Å². The first-order valence-corrected chi connectivity index (χ1v) is 6.53. The molecule has 5 heteroatoms. The van der Waals surface area contributed by atoms with Crippen LogP contribution in [0.1, 0.15) is 17.3 Å². The monoisotopic (exact) mass is 282 g/mol. The molecule has 0 aliphatic carbocycles. The normalized spacial score (nSPS) is 10.6. The van der Waals surface area contributed by atoms with Gasteiger partial charge in [-0.05, 0) is 18.7 Å². The van der Waals surface area contributed by atoms with Crippen LogP contribution in [-0.4, -0.2) is 55.2 Å². The topological polar surface area (TPSA) is 40.6 Å². The zero-order valence-corrected chi connectivity index (χ0v) is 12.3. The summed E-state index contributed by atoms with van der Waals surface area (Å²) in [4.78, 5) is 27.1. The number of amides is 1. The standard InChI is InChI=1S/C14H19ClN2O2/c1-4-17(10-14(19)16(2)3)9-13(18)11-7-5-6-8-12(11)15/h5-8H,4,9-10H2,1-3H3. The van der Waals surface area contributed by atoms with Crippen molar-refractivity contribution in [3.8, 4) is 0 Å². The van der Waals surface area contributed by atoms with E-state index in [1.807, 2.05) is 6.92 Å². The molecule has 1 aromatic rings. The number of likely N-dealkylation sites (N-methyl/N-ethyl adjacent to an activating group) is 2. The van der Waals surface area contributed by atoms with Crippen molar-refractivity contribution in [2.45, 2.75) is 6.92 Å². The number of Topliss-reactive ketones (excluding diaryl/α,β-unsaturated/α-hetero) is 1. The van der Waals surface area contributed by atoms with Gasteiger partial charge in [-0.2, -0.15) is 0 Å². The molecule has 104 valence electrons. The van der Waals surface area contributed by atoms with Crippen molar-refractivity contribution in [2.75, 3.05) is 33.7 Å². The van der Waals surface area contributed by atoms with E-state index in [2.05, 4.69) is 0 Å². The van der Waals surface area contributed by atoms with Crippen LogP contribution in [0.3, 0.4) is 0 Å². The van der Waals surface area contributed by atoms with Gasteiger partial charge in [0.1, 0.15) is 0 Å². The molecule has 0 radical (unpaired) electrons. The Morgan fingerprint density at radius 2 is 1.79 bits per heavy atom. The Labute approximate surface area is 118 Å². The summed E-state index contributed by atoms with van der Waals surface area (Å²) in [6, 6.07) is 6.95. The highest BCUT2D eigenvalue weighted by Crippen LogP contribution is 2.15. The molecule has 4 nitrogen and oxygen atoms in total. The van der Waals surface area contributed by atoms with Crippen LogP contribution < -0.4 is 0 Å². The van der Waals surface area contributed by atoms with Gasteiger partial charge in [0.15, 0.2) is 5.78 Å². The summed E-state index contributed by atoms with van der Waals surface area (Å²) in [6.45, 7) is 2.98. The lowest BCUT2D eigenvalue weighted by molar-refractivity contribution is -0.129. The summed E-state index contributed by atoms with van der Waals surface area (Å²) in [5.74, 6) is -0.0900. The van der Waals surface area contributed by atoms with Crippen molar-refractivity contribution in [1.29, 1.82) is 0 Å². The van der Waals surface area contributed by atoms with Crippen LogP contribution >= 0.6 is 11.6 Å². The van der Waals surface area contributed by atoms with Gasteiger partial charge in [-0.15, -0.1) is 0 Å². The van der Waals surface area contributed by atoms with Crippen LogP contribution in [0.5, 0.6) is 0 Å². The second kappa shape index (κ2) is 7.26. The van der Waals surface area contributed by atoms with E-state index < -0.39 is 0 Å². The highest BCUT2D eigenvalue weighted by atomic mass is 35.5. The van der Waals surface area contributed by atoms with E-state index in [0.717, 1.165) is 0 Å². The van der Waals surface area contributed by atoms with Crippen LogP contribution in [0.2, 0.25) is 5.02 Å². The molecule has 0 saturated heterocycles. The maximum atomic E-state index is 12.1. The van der Waals surface area contributed by atoms with Gasteiger partial charge in [-0.25, -0.2) is 0 Å². The highest BCUT2D eigenvalue weighted by Gasteiger charge is 2.16. The van der Waals surface area contributed by atoms with Crippen molar-refractivity contribution in [2.24, 2.45) is 0 Å². The molecule has 0 unspecified atom stereocenters. The second-order valence-corrected chi connectivity index (χ2v) is 4.90. The van der Waals surface area contributed by atoms with Crippen LogP contribution in [0, 0.1) is 0 Å². The Morgan fingerprint density at radius 3 is 2.32 bits per heavy atom. The first-order valence-electron chi connectivity index (χ1n) is 6.16. The van der Waals surface area contributed by atoms with Gasteiger partial charge >= 0.3 is 0 Å². The van der Waals surface area contributed by atoms with Gasteiger partial charge in [0.05, 0.1) is 18.1 Å². The second-order valence-electron chi connectivity index (χ2n) is 4.49. The molecule has 0 heterocycles. The van der Waals surface area contributed by atoms with Crippen molar-refractivity contribution >= 4 is 23.3 Å². The lowest BCUT2D eigenvalue weighted by Crippen LogP contribution is -2.39. The first kappa shape index (κ1) is 15.7. The summed E-state index contributed by atoms with van der Waals surface area (Å²) in [5, 5.41) is 0.447. The fourth-order valence-corrected chi connectivity index (χ4v) is 1.83. The van der Waals surface area contributed by atoms with E-state index >= 15 is 0 Å². The van der Waals surface area contributed by atoms with E-state index in [4.69, 9.17) is 11.6 Å². The third-order valence-electron chi connectivity index (χ3n) is 2.85.